The van der Waals surface area contributed by atoms with Gasteiger partial charge in [0.2, 0.25) is 0 Å². The average molecular weight is 221 g/mol. The molecule has 2 N–H and O–H groups in total. The third-order valence-corrected chi connectivity index (χ3v) is 2.34. The largest absolute Gasteiger partial charge is 0.446 e. The maximum atomic E-state index is 12.0. The molecule has 14 heavy (non-hydrogen) atoms. The van der Waals surface area contributed by atoms with Crippen LogP contribution in [0.4, 0.5) is 13.2 Å². The van der Waals surface area contributed by atoms with Crippen LogP contribution >= 0.6 is 11.8 Å². The number of rotatable bonds is 2. The van der Waals surface area contributed by atoms with Crippen molar-refractivity contribution in [1.82, 2.24) is 0 Å². The van der Waals surface area contributed by atoms with Crippen LogP contribution in [0.1, 0.15) is 18.5 Å². The predicted octanol–water partition coefficient (Wildman–Crippen LogP) is 3.32. The van der Waals surface area contributed by atoms with E-state index in [0.29, 0.717) is 5.56 Å². The van der Waals surface area contributed by atoms with E-state index in [9.17, 15) is 13.2 Å². The van der Waals surface area contributed by atoms with E-state index in [4.69, 9.17) is 5.73 Å². The molecular weight excluding hydrogens is 211 g/mol. The minimum atomic E-state index is -4.24. The second kappa shape index (κ2) is 4.23. The zero-order chi connectivity index (χ0) is 10.8. The van der Waals surface area contributed by atoms with Crippen LogP contribution in [0, 0.1) is 0 Å². The highest BCUT2D eigenvalue weighted by Crippen LogP contribution is 2.37. The van der Waals surface area contributed by atoms with Crippen LogP contribution in [0.2, 0.25) is 0 Å². The number of nitrogens with two attached hydrogens (primary N) is 1. The molecule has 0 saturated carbocycles. The van der Waals surface area contributed by atoms with Gasteiger partial charge in [0.25, 0.3) is 0 Å². The number of thioether (sulfide) groups is 1. The summed E-state index contributed by atoms with van der Waals surface area (Å²) < 4.78 is 36.0. The number of hydrogen-bond acceptors (Lipinski definition) is 2. The standard InChI is InChI=1S/C9H10F3NS/c1-6(13)7-3-2-4-8(5-7)14-9(10,11)12/h2-6H,13H2,1H3/t6-/m1/s1. The lowest BCUT2D eigenvalue weighted by molar-refractivity contribution is -0.0328. The van der Waals surface area contributed by atoms with Gasteiger partial charge >= 0.3 is 5.51 Å². The van der Waals surface area contributed by atoms with Crippen LogP contribution in [0.15, 0.2) is 29.2 Å². The van der Waals surface area contributed by atoms with E-state index >= 15 is 0 Å². The van der Waals surface area contributed by atoms with E-state index in [1.54, 1.807) is 19.1 Å². The van der Waals surface area contributed by atoms with Crippen molar-refractivity contribution in [3.8, 4) is 0 Å². The molecule has 0 aromatic heterocycles. The van der Waals surface area contributed by atoms with Crippen molar-refractivity contribution in [1.29, 1.82) is 0 Å². The predicted molar refractivity (Wildman–Crippen MR) is 51.0 cm³/mol. The molecule has 5 heteroatoms. The first-order valence-corrected chi connectivity index (χ1v) is 4.81. The lowest BCUT2D eigenvalue weighted by atomic mass is 10.1. The smallest absolute Gasteiger partial charge is 0.324 e. The van der Waals surface area contributed by atoms with Crippen molar-refractivity contribution in [3.63, 3.8) is 0 Å². The highest BCUT2D eigenvalue weighted by atomic mass is 32.2. The first-order chi connectivity index (χ1) is 6.38. The minimum absolute atomic E-state index is 0.123. The van der Waals surface area contributed by atoms with Gasteiger partial charge < -0.3 is 5.73 Å². The Morgan fingerprint density at radius 3 is 2.50 bits per heavy atom. The average Bonchev–Trinajstić information content (AvgIpc) is 2.01. The Balaban J connectivity index is 2.84. The molecule has 0 saturated heterocycles. The van der Waals surface area contributed by atoms with E-state index in [1.165, 1.54) is 12.1 Å². The molecule has 1 aromatic rings. The molecule has 0 unspecified atom stereocenters. The van der Waals surface area contributed by atoms with Crippen molar-refractivity contribution in [2.24, 2.45) is 5.73 Å². The van der Waals surface area contributed by atoms with Crippen LogP contribution in [-0.2, 0) is 0 Å². The zero-order valence-electron chi connectivity index (χ0n) is 7.51. The Labute approximate surface area is 84.5 Å². The Morgan fingerprint density at radius 1 is 1.36 bits per heavy atom. The number of hydrogen-bond donors (Lipinski definition) is 1. The molecule has 1 nitrogen and oxygen atoms in total. The molecule has 0 aliphatic carbocycles. The molecule has 0 bridgehead atoms. The van der Waals surface area contributed by atoms with Crippen molar-refractivity contribution < 1.29 is 13.2 Å². The van der Waals surface area contributed by atoms with Crippen molar-refractivity contribution in [2.75, 3.05) is 0 Å². The molecule has 0 spiro atoms. The van der Waals surface area contributed by atoms with E-state index in [0.717, 1.165) is 0 Å². The molecule has 1 rings (SSSR count). The summed E-state index contributed by atoms with van der Waals surface area (Å²) in [5, 5.41) is 0. The summed E-state index contributed by atoms with van der Waals surface area (Å²) >= 11 is -0.123. The van der Waals surface area contributed by atoms with E-state index in [1.807, 2.05) is 0 Å². The van der Waals surface area contributed by atoms with Gasteiger partial charge in [0.1, 0.15) is 0 Å². The second-order valence-electron chi connectivity index (χ2n) is 2.91. The van der Waals surface area contributed by atoms with Gasteiger partial charge in [-0.2, -0.15) is 13.2 Å². The molecule has 1 aromatic carbocycles. The molecular formula is C9H10F3NS. The second-order valence-corrected chi connectivity index (χ2v) is 4.05. The van der Waals surface area contributed by atoms with Gasteiger partial charge in [-0.3, -0.25) is 0 Å². The summed E-state index contributed by atoms with van der Waals surface area (Å²) in [7, 11) is 0. The van der Waals surface area contributed by atoms with Gasteiger partial charge in [-0.15, -0.1) is 0 Å². The van der Waals surface area contributed by atoms with Crippen molar-refractivity contribution in [3.05, 3.63) is 29.8 Å². The zero-order valence-corrected chi connectivity index (χ0v) is 8.32. The molecule has 0 fully saturated rings. The van der Waals surface area contributed by atoms with Gasteiger partial charge in [-0.05, 0) is 36.4 Å². The third-order valence-electron chi connectivity index (χ3n) is 1.62. The van der Waals surface area contributed by atoms with Crippen LogP contribution in [-0.4, -0.2) is 5.51 Å². The molecule has 0 amide bonds. The van der Waals surface area contributed by atoms with E-state index < -0.39 is 5.51 Å². The first kappa shape index (κ1) is 11.4. The van der Waals surface area contributed by atoms with Gasteiger partial charge in [0.05, 0.1) is 0 Å². The SMILES string of the molecule is C[C@@H](N)c1cccc(SC(F)(F)F)c1. The Morgan fingerprint density at radius 2 is 2.00 bits per heavy atom. The van der Waals surface area contributed by atoms with Crippen molar-refractivity contribution in [2.45, 2.75) is 23.4 Å². The van der Waals surface area contributed by atoms with E-state index in [-0.39, 0.29) is 22.7 Å². The van der Waals surface area contributed by atoms with Crippen LogP contribution in [0.5, 0.6) is 0 Å². The number of alkyl halides is 3. The third kappa shape index (κ3) is 3.59. The number of benzene rings is 1. The van der Waals surface area contributed by atoms with Crippen LogP contribution < -0.4 is 5.73 Å². The van der Waals surface area contributed by atoms with Crippen molar-refractivity contribution >= 4 is 11.8 Å². The van der Waals surface area contributed by atoms with Gasteiger partial charge in [-0.1, -0.05) is 12.1 Å². The fraction of sp³-hybridized carbons (Fsp3) is 0.333. The van der Waals surface area contributed by atoms with Gasteiger partial charge in [0.15, 0.2) is 0 Å². The summed E-state index contributed by atoms with van der Waals surface area (Å²) in [6.45, 7) is 1.73. The summed E-state index contributed by atoms with van der Waals surface area (Å²) in [5.41, 5.74) is 2.02. The topological polar surface area (TPSA) is 26.0 Å². The summed E-state index contributed by atoms with van der Waals surface area (Å²) in [4.78, 5) is 0.173. The monoisotopic (exact) mass is 221 g/mol. The minimum Gasteiger partial charge on any atom is -0.324 e. The van der Waals surface area contributed by atoms with Gasteiger partial charge in [0, 0.05) is 10.9 Å². The fourth-order valence-electron chi connectivity index (χ4n) is 0.995. The molecule has 78 valence electrons. The maximum Gasteiger partial charge on any atom is 0.446 e. The summed E-state index contributed by atoms with van der Waals surface area (Å²) in [6.07, 6.45) is 0. The quantitative estimate of drug-likeness (QED) is 0.775. The summed E-state index contributed by atoms with van der Waals surface area (Å²) in [5.74, 6) is 0. The van der Waals surface area contributed by atoms with Crippen LogP contribution in [0.3, 0.4) is 0 Å². The normalized spacial score (nSPS) is 14.1. The number of halogens is 3. The molecule has 0 radical (unpaired) electrons. The Kier molecular flexibility index (Phi) is 3.44. The molecule has 0 aliphatic heterocycles. The Hall–Kier alpha value is -0.680. The van der Waals surface area contributed by atoms with Gasteiger partial charge in [-0.25, -0.2) is 0 Å². The maximum absolute atomic E-state index is 12.0. The molecule has 0 aliphatic rings. The Bertz CT molecular complexity index is 309. The fourth-order valence-corrected chi connectivity index (χ4v) is 1.60. The lowest BCUT2D eigenvalue weighted by Crippen LogP contribution is -2.05. The first-order valence-electron chi connectivity index (χ1n) is 4.00. The molecule has 1 atom stereocenters. The van der Waals surface area contributed by atoms with E-state index in [2.05, 4.69) is 0 Å². The lowest BCUT2D eigenvalue weighted by Gasteiger charge is -2.09. The highest BCUT2D eigenvalue weighted by molar-refractivity contribution is 8.00. The summed E-state index contributed by atoms with van der Waals surface area (Å²) in [6, 6.07) is 5.92. The van der Waals surface area contributed by atoms with Crippen LogP contribution in [0.25, 0.3) is 0 Å². The highest BCUT2D eigenvalue weighted by Gasteiger charge is 2.29. The molecule has 0 heterocycles.